The average Bonchev–Trinajstić information content (AvgIpc) is 2.42. The van der Waals surface area contributed by atoms with Crippen molar-refractivity contribution in [2.75, 3.05) is 24.7 Å². The van der Waals surface area contributed by atoms with Crippen molar-refractivity contribution in [3.05, 3.63) is 11.5 Å². The fourth-order valence-corrected chi connectivity index (χ4v) is 0.904. The smallest absolute Gasteiger partial charge is 0.341 e. The van der Waals surface area contributed by atoms with Crippen LogP contribution in [-0.4, -0.2) is 47.7 Å². The molecule has 0 aliphatic rings. The number of aliphatic hydroxyl groups excluding tert-OH is 1. The van der Waals surface area contributed by atoms with Gasteiger partial charge < -0.3 is 19.3 Å². The lowest BCUT2D eigenvalue weighted by Crippen LogP contribution is -2.18. The molecule has 108 valence electrons. The van der Waals surface area contributed by atoms with Gasteiger partial charge in [-0.05, 0) is 6.92 Å². The van der Waals surface area contributed by atoms with Crippen molar-refractivity contribution in [1.29, 1.82) is 0 Å². The quantitative estimate of drug-likeness (QED) is 0.257. The molecule has 0 aromatic heterocycles. The normalized spacial score (nSPS) is 9.47. The van der Waals surface area contributed by atoms with Crippen molar-refractivity contribution in [3.8, 4) is 0 Å². The predicted molar refractivity (Wildman–Crippen MR) is 70.6 cm³/mol. The number of rotatable bonds is 7. The summed E-state index contributed by atoms with van der Waals surface area (Å²) in [6.45, 7) is 0.651. The maximum atomic E-state index is 11.5. The predicted octanol–water partition coefficient (Wildman–Crippen LogP) is -0.301. The van der Waals surface area contributed by atoms with Crippen LogP contribution in [0.25, 0.3) is 0 Å². The van der Waals surface area contributed by atoms with Crippen LogP contribution in [0.5, 0.6) is 0 Å². The molecule has 0 saturated heterocycles. The van der Waals surface area contributed by atoms with Crippen molar-refractivity contribution in [3.63, 3.8) is 0 Å². The zero-order chi connectivity index (χ0) is 14.8. The molecule has 0 fully saturated rings. The number of carbonyl (C=O) groups excluding carboxylic acids is 3. The fourth-order valence-electron chi connectivity index (χ4n) is 0.775. The van der Waals surface area contributed by atoms with Crippen LogP contribution in [0.4, 0.5) is 0 Å². The second-order valence-corrected chi connectivity index (χ2v) is 3.67. The number of hydrogen-bond acceptors (Lipinski definition) is 9. The van der Waals surface area contributed by atoms with Crippen molar-refractivity contribution < 1.29 is 33.7 Å². The van der Waals surface area contributed by atoms with Crippen LogP contribution < -0.4 is 0 Å². The first kappa shape index (κ1) is 17.8. The Hall–Kier alpha value is -1.19. The lowest BCUT2D eigenvalue weighted by molar-refractivity contribution is -0.151. The highest BCUT2D eigenvalue weighted by molar-refractivity contribution is 7.81. The molecule has 0 spiro atoms. The molecule has 0 aromatic carbocycles. The highest BCUT2D eigenvalue weighted by Crippen LogP contribution is 2.11. The van der Waals surface area contributed by atoms with Crippen molar-refractivity contribution in [2.45, 2.75) is 6.92 Å². The Morgan fingerprint density at radius 3 is 1.89 bits per heavy atom. The zero-order valence-corrected chi connectivity index (χ0v) is 11.9. The van der Waals surface area contributed by atoms with Crippen molar-refractivity contribution in [1.82, 2.24) is 0 Å². The Bertz CT molecular complexity index is 358. The number of hydrogen-bond donors (Lipinski definition) is 3. The van der Waals surface area contributed by atoms with E-state index >= 15 is 0 Å². The highest BCUT2D eigenvalue weighted by Gasteiger charge is 2.20. The molecule has 0 aromatic rings. The summed E-state index contributed by atoms with van der Waals surface area (Å²) in [5.74, 6) is -3.61. The van der Waals surface area contributed by atoms with Crippen LogP contribution >= 0.6 is 25.3 Å². The summed E-state index contributed by atoms with van der Waals surface area (Å²) < 4.78 is 13.9. The standard InChI is InChI=1S/C10H14O7S2/c1-6(9(14)15-3-2-11)10(16-7(12)4-18)17-8(13)5-19/h11,18-19H,2-5H2,1H3. The zero-order valence-electron chi connectivity index (χ0n) is 10.1. The van der Waals surface area contributed by atoms with Gasteiger partial charge in [-0.3, -0.25) is 9.59 Å². The summed E-state index contributed by atoms with van der Waals surface area (Å²) in [7, 11) is 0. The molecular formula is C10H14O7S2. The van der Waals surface area contributed by atoms with Crippen molar-refractivity contribution >= 4 is 43.2 Å². The summed E-state index contributed by atoms with van der Waals surface area (Å²) in [5, 5.41) is 8.52. The summed E-state index contributed by atoms with van der Waals surface area (Å²) in [5.41, 5.74) is -0.223. The number of thiol groups is 2. The first-order valence-corrected chi connectivity index (χ1v) is 6.34. The molecule has 0 rings (SSSR count). The van der Waals surface area contributed by atoms with E-state index in [2.05, 4.69) is 39.5 Å². The summed E-state index contributed by atoms with van der Waals surface area (Å²) in [4.78, 5) is 33.7. The molecule has 0 radical (unpaired) electrons. The molecule has 1 N–H and O–H groups in total. The monoisotopic (exact) mass is 310 g/mol. The highest BCUT2D eigenvalue weighted by atomic mass is 32.1. The number of carbonyl (C=O) groups is 3. The summed E-state index contributed by atoms with van der Waals surface area (Å²) in [6, 6.07) is 0. The van der Waals surface area contributed by atoms with E-state index in [9.17, 15) is 14.4 Å². The van der Waals surface area contributed by atoms with Gasteiger partial charge in [-0.1, -0.05) is 0 Å². The van der Waals surface area contributed by atoms with Gasteiger partial charge >= 0.3 is 23.9 Å². The molecule has 9 heteroatoms. The molecule has 0 aliphatic heterocycles. The fraction of sp³-hybridized carbons (Fsp3) is 0.500. The van der Waals surface area contributed by atoms with Crippen molar-refractivity contribution in [2.24, 2.45) is 0 Å². The third kappa shape index (κ3) is 7.09. The lowest BCUT2D eigenvalue weighted by atomic mass is 10.3. The topological polar surface area (TPSA) is 99.1 Å². The molecule has 7 nitrogen and oxygen atoms in total. The summed E-state index contributed by atoms with van der Waals surface area (Å²) >= 11 is 7.36. The van der Waals surface area contributed by atoms with Gasteiger partial charge in [-0.15, -0.1) is 0 Å². The molecule has 0 unspecified atom stereocenters. The number of ether oxygens (including phenoxy) is 3. The minimum absolute atomic E-state index is 0.223. The molecule has 0 amide bonds. The van der Waals surface area contributed by atoms with Gasteiger partial charge in [0.25, 0.3) is 0 Å². The van der Waals surface area contributed by atoms with Gasteiger partial charge in [0.05, 0.1) is 18.1 Å². The van der Waals surface area contributed by atoms with Crippen LogP contribution in [0, 0.1) is 0 Å². The van der Waals surface area contributed by atoms with E-state index in [0.29, 0.717) is 0 Å². The van der Waals surface area contributed by atoms with E-state index in [1.807, 2.05) is 0 Å². The lowest BCUT2D eigenvalue weighted by Gasteiger charge is -2.10. The second-order valence-electron chi connectivity index (χ2n) is 3.04. The van der Waals surface area contributed by atoms with Gasteiger partial charge in [-0.2, -0.15) is 25.3 Å². The first-order valence-electron chi connectivity index (χ1n) is 5.08. The molecule has 0 atom stereocenters. The van der Waals surface area contributed by atoms with E-state index in [-0.39, 0.29) is 30.3 Å². The van der Waals surface area contributed by atoms with Crippen LogP contribution in [0.1, 0.15) is 6.92 Å². The van der Waals surface area contributed by atoms with E-state index < -0.39 is 23.9 Å². The first-order chi connectivity index (χ1) is 8.96. The molecule has 0 saturated carbocycles. The summed E-state index contributed by atoms with van der Waals surface area (Å²) in [6.07, 6.45) is 0. The third-order valence-corrected chi connectivity index (χ3v) is 2.12. The van der Waals surface area contributed by atoms with Crippen LogP contribution in [0.15, 0.2) is 11.5 Å². The van der Waals surface area contributed by atoms with E-state index in [1.165, 1.54) is 6.92 Å². The Morgan fingerprint density at radius 1 is 1.05 bits per heavy atom. The van der Waals surface area contributed by atoms with E-state index in [0.717, 1.165) is 0 Å². The SMILES string of the molecule is CC(C(=O)OCCO)=C(OC(=O)CS)OC(=O)CS. The van der Waals surface area contributed by atoms with Gasteiger partial charge in [0.2, 0.25) is 0 Å². The maximum Gasteiger partial charge on any atom is 0.341 e. The molecule has 0 heterocycles. The van der Waals surface area contributed by atoms with E-state index in [1.54, 1.807) is 0 Å². The molecule has 0 bridgehead atoms. The molecule has 0 aliphatic carbocycles. The van der Waals surface area contributed by atoms with Crippen LogP contribution in [0.3, 0.4) is 0 Å². The average molecular weight is 310 g/mol. The van der Waals surface area contributed by atoms with Gasteiger partial charge in [0.1, 0.15) is 12.2 Å². The minimum Gasteiger partial charge on any atom is -0.460 e. The minimum atomic E-state index is -0.886. The molecule has 19 heavy (non-hydrogen) atoms. The van der Waals surface area contributed by atoms with Crippen LogP contribution in [-0.2, 0) is 28.6 Å². The number of esters is 3. The maximum absolute atomic E-state index is 11.5. The Balaban J connectivity index is 4.99. The van der Waals surface area contributed by atoms with Gasteiger partial charge in [0, 0.05) is 0 Å². The third-order valence-electron chi connectivity index (χ3n) is 1.61. The Morgan fingerprint density at radius 2 is 1.53 bits per heavy atom. The van der Waals surface area contributed by atoms with E-state index in [4.69, 9.17) is 5.11 Å². The van der Waals surface area contributed by atoms with Crippen LogP contribution in [0.2, 0.25) is 0 Å². The molecular weight excluding hydrogens is 296 g/mol. The second kappa shape index (κ2) is 9.70. The van der Waals surface area contributed by atoms with Gasteiger partial charge in [-0.25, -0.2) is 4.79 Å². The Kier molecular flexibility index (Phi) is 9.09. The Labute approximate surface area is 120 Å². The number of aliphatic hydroxyl groups is 1. The largest absolute Gasteiger partial charge is 0.460 e. The van der Waals surface area contributed by atoms with Gasteiger partial charge in [0.15, 0.2) is 0 Å².